The molecule has 0 saturated carbocycles. The van der Waals surface area contributed by atoms with E-state index in [1.165, 1.54) is 6.07 Å². The Balaban J connectivity index is 2.47. The highest BCUT2D eigenvalue weighted by atomic mass is 79.9. The van der Waals surface area contributed by atoms with E-state index in [2.05, 4.69) is 36.6 Å². The summed E-state index contributed by atoms with van der Waals surface area (Å²) in [6.45, 7) is 3.78. The van der Waals surface area contributed by atoms with Crippen molar-refractivity contribution in [2.45, 2.75) is 18.7 Å². The molecule has 3 N–H and O–H groups in total. The first kappa shape index (κ1) is 16.3. The van der Waals surface area contributed by atoms with E-state index in [1.54, 1.807) is 12.1 Å². The predicted octanol–water partition coefficient (Wildman–Crippen LogP) is 4.21. The summed E-state index contributed by atoms with van der Waals surface area (Å²) >= 11 is 6.73. The molecule has 2 aromatic carbocycles. The summed E-state index contributed by atoms with van der Waals surface area (Å²) < 4.78 is 28.8. The smallest absolute Gasteiger partial charge is 0.264 e. The second kappa shape index (κ2) is 5.98. The molecule has 0 aliphatic carbocycles. The van der Waals surface area contributed by atoms with Crippen molar-refractivity contribution in [3.05, 3.63) is 50.4 Å². The highest BCUT2D eigenvalue weighted by Crippen LogP contribution is 2.34. The van der Waals surface area contributed by atoms with Gasteiger partial charge in [0.05, 0.1) is 11.4 Å². The minimum Gasteiger partial charge on any atom is -0.398 e. The third-order valence-corrected chi connectivity index (χ3v) is 5.55. The number of anilines is 2. The van der Waals surface area contributed by atoms with Gasteiger partial charge in [0.1, 0.15) is 4.90 Å². The van der Waals surface area contributed by atoms with Gasteiger partial charge in [0.15, 0.2) is 0 Å². The molecule has 21 heavy (non-hydrogen) atoms. The zero-order valence-electron chi connectivity index (χ0n) is 11.4. The molecular formula is C14H14Br2N2O2S. The third-order valence-electron chi connectivity index (χ3n) is 2.88. The maximum atomic E-state index is 12.5. The standard InChI is InChI=1S/C14H14Br2N2O2S/c1-8-3-4-13(12(17)7-8)21(19,20)18-14-10(15)5-9(2)6-11(14)16/h3-7,18H,17H2,1-2H3. The van der Waals surface area contributed by atoms with Gasteiger partial charge in [0.2, 0.25) is 0 Å². The van der Waals surface area contributed by atoms with Crippen LogP contribution in [0.1, 0.15) is 11.1 Å². The SMILES string of the molecule is Cc1ccc(S(=O)(=O)Nc2c(Br)cc(C)cc2Br)c(N)c1. The van der Waals surface area contributed by atoms with Crippen LogP contribution in [0.15, 0.2) is 44.2 Å². The lowest BCUT2D eigenvalue weighted by Crippen LogP contribution is -2.15. The fraction of sp³-hybridized carbons (Fsp3) is 0.143. The Morgan fingerprint density at radius 2 is 1.57 bits per heavy atom. The van der Waals surface area contributed by atoms with Crippen molar-refractivity contribution in [2.75, 3.05) is 10.5 Å². The average Bonchev–Trinajstić information content (AvgIpc) is 2.33. The van der Waals surface area contributed by atoms with Crippen LogP contribution in [-0.4, -0.2) is 8.42 Å². The van der Waals surface area contributed by atoms with Gasteiger partial charge in [-0.05, 0) is 81.1 Å². The van der Waals surface area contributed by atoms with Gasteiger partial charge >= 0.3 is 0 Å². The van der Waals surface area contributed by atoms with Gasteiger partial charge in [-0.3, -0.25) is 4.72 Å². The molecule has 0 aliphatic heterocycles. The normalized spacial score (nSPS) is 11.4. The molecule has 2 aromatic rings. The molecule has 0 fully saturated rings. The number of halogens is 2. The van der Waals surface area contributed by atoms with Crippen molar-refractivity contribution in [3.8, 4) is 0 Å². The Bertz CT molecular complexity index is 782. The average molecular weight is 434 g/mol. The Kier molecular flexibility index (Phi) is 4.65. The van der Waals surface area contributed by atoms with E-state index in [-0.39, 0.29) is 10.6 Å². The molecule has 0 spiro atoms. The minimum atomic E-state index is -3.75. The number of hydrogen-bond acceptors (Lipinski definition) is 3. The molecule has 112 valence electrons. The highest BCUT2D eigenvalue weighted by molar-refractivity contribution is 9.11. The van der Waals surface area contributed by atoms with Crippen molar-refractivity contribution in [2.24, 2.45) is 0 Å². The summed E-state index contributed by atoms with van der Waals surface area (Å²) in [6.07, 6.45) is 0. The van der Waals surface area contributed by atoms with Crippen LogP contribution in [0.4, 0.5) is 11.4 Å². The lowest BCUT2D eigenvalue weighted by Gasteiger charge is -2.14. The van der Waals surface area contributed by atoms with Crippen LogP contribution in [0.2, 0.25) is 0 Å². The molecule has 0 atom stereocenters. The molecule has 0 heterocycles. The number of rotatable bonds is 3. The maximum Gasteiger partial charge on any atom is 0.264 e. The van der Waals surface area contributed by atoms with Crippen LogP contribution in [-0.2, 0) is 10.0 Å². The molecule has 0 bridgehead atoms. The van der Waals surface area contributed by atoms with Gasteiger partial charge in [-0.2, -0.15) is 0 Å². The quantitative estimate of drug-likeness (QED) is 0.712. The van der Waals surface area contributed by atoms with E-state index >= 15 is 0 Å². The van der Waals surface area contributed by atoms with Gasteiger partial charge in [-0.1, -0.05) is 6.07 Å². The van der Waals surface area contributed by atoms with Crippen LogP contribution in [0.5, 0.6) is 0 Å². The van der Waals surface area contributed by atoms with Crippen LogP contribution in [0.3, 0.4) is 0 Å². The first-order valence-electron chi connectivity index (χ1n) is 6.05. The largest absolute Gasteiger partial charge is 0.398 e. The number of aryl methyl sites for hydroxylation is 2. The fourth-order valence-corrected chi connectivity index (χ4v) is 4.99. The van der Waals surface area contributed by atoms with Crippen molar-refractivity contribution in [1.29, 1.82) is 0 Å². The summed E-state index contributed by atoms with van der Waals surface area (Å²) in [4.78, 5) is 0.0625. The van der Waals surface area contributed by atoms with Crippen molar-refractivity contribution in [1.82, 2.24) is 0 Å². The van der Waals surface area contributed by atoms with Gasteiger partial charge in [-0.15, -0.1) is 0 Å². The molecule has 0 aromatic heterocycles. The molecule has 0 radical (unpaired) electrons. The molecule has 0 saturated heterocycles. The summed E-state index contributed by atoms with van der Waals surface area (Å²) in [6, 6.07) is 8.52. The Morgan fingerprint density at radius 1 is 1.00 bits per heavy atom. The van der Waals surface area contributed by atoms with Gasteiger partial charge in [0, 0.05) is 8.95 Å². The third kappa shape index (κ3) is 3.59. The molecule has 2 rings (SSSR count). The molecule has 4 nitrogen and oxygen atoms in total. The zero-order valence-corrected chi connectivity index (χ0v) is 15.4. The van der Waals surface area contributed by atoms with E-state index in [9.17, 15) is 8.42 Å². The highest BCUT2D eigenvalue weighted by Gasteiger charge is 2.20. The first-order valence-corrected chi connectivity index (χ1v) is 9.12. The monoisotopic (exact) mass is 432 g/mol. The number of benzene rings is 2. The van der Waals surface area contributed by atoms with Crippen LogP contribution >= 0.6 is 31.9 Å². The Hall–Kier alpha value is -1.05. The predicted molar refractivity (Wildman–Crippen MR) is 93.0 cm³/mol. The van der Waals surface area contributed by atoms with E-state index in [0.717, 1.165) is 11.1 Å². The minimum absolute atomic E-state index is 0.0625. The summed E-state index contributed by atoms with van der Waals surface area (Å²) in [5, 5.41) is 0. The number of nitrogen functional groups attached to an aromatic ring is 1. The maximum absolute atomic E-state index is 12.5. The lowest BCUT2D eigenvalue weighted by molar-refractivity contribution is 0.601. The van der Waals surface area contributed by atoms with E-state index in [0.29, 0.717) is 14.6 Å². The first-order chi connectivity index (χ1) is 9.70. The van der Waals surface area contributed by atoms with E-state index in [4.69, 9.17) is 5.73 Å². The topological polar surface area (TPSA) is 72.2 Å². The molecule has 7 heteroatoms. The molecule has 0 unspecified atom stereocenters. The van der Waals surface area contributed by atoms with Gasteiger partial charge in [0.25, 0.3) is 10.0 Å². The number of sulfonamides is 1. The van der Waals surface area contributed by atoms with E-state index < -0.39 is 10.0 Å². The van der Waals surface area contributed by atoms with Crippen molar-refractivity contribution < 1.29 is 8.42 Å². The van der Waals surface area contributed by atoms with Crippen LogP contribution in [0.25, 0.3) is 0 Å². The van der Waals surface area contributed by atoms with E-state index in [1.807, 2.05) is 26.0 Å². The number of nitrogens with one attached hydrogen (secondary N) is 1. The van der Waals surface area contributed by atoms with Crippen LogP contribution in [0, 0.1) is 13.8 Å². The lowest BCUT2D eigenvalue weighted by atomic mass is 10.2. The molecular weight excluding hydrogens is 420 g/mol. The summed E-state index contributed by atoms with van der Waals surface area (Å²) in [5.74, 6) is 0. The second-order valence-electron chi connectivity index (χ2n) is 4.75. The molecule has 0 amide bonds. The summed E-state index contributed by atoms with van der Waals surface area (Å²) in [7, 11) is -3.75. The Morgan fingerprint density at radius 3 is 2.10 bits per heavy atom. The van der Waals surface area contributed by atoms with Gasteiger partial charge < -0.3 is 5.73 Å². The summed E-state index contributed by atoms with van der Waals surface area (Å²) in [5.41, 5.74) is 8.40. The van der Waals surface area contributed by atoms with Crippen molar-refractivity contribution in [3.63, 3.8) is 0 Å². The van der Waals surface area contributed by atoms with Crippen molar-refractivity contribution >= 4 is 53.3 Å². The molecule has 0 aliphatic rings. The zero-order chi connectivity index (χ0) is 15.8. The second-order valence-corrected chi connectivity index (χ2v) is 8.11. The van der Waals surface area contributed by atoms with Crippen LogP contribution < -0.4 is 10.5 Å². The fourth-order valence-electron chi connectivity index (χ4n) is 1.90. The van der Waals surface area contributed by atoms with Gasteiger partial charge in [-0.25, -0.2) is 8.42 Å². The Labute approximate surface area is 141 Å². The number of hydrogen-bond donors (Lipinski definition) is 2. The number of nitrogens with two attached hydrogens (primary N) is 1.